The fourth-order valence-electron chi connectivity index (χ4n) is 2.59. The van der Waals surface area contributed by atoms with Gasteiger partial charge in [0.15, 0.2) is 0 Å². The highest BCUT2D eigenvalue weighted by molar-refractivity contribution is 9.10. The van der Waals surface area contributed by atoms with Gasteiger partial charge in [-0.15, -0.1) is 0 Å². The van der Waals surface area contributed by atoms with Crippen LogP contribution in [-0.4, -0.2) is 27.9 Å². The Morgan fingerprint density at radius 2 is 2.00 bits per heavy atom. The predicted octanol–water partition coefficient (Wildman–Crippen LogP) is 4.47. The van der Waals surface area contributed by atoms with Crippen molar-refractivity contribution in [3.8, 4) is 17.0 Å². The molecule has 1 heterocycles. The van der Waals surface area contributed by atoms with Crippen molar-refractivity contribution < 1.29 is 14.6 Å². The number of carbonyl (C=O) groups is 1. The van der Waals surface area contributed by atoms with Crippen LogP contribution in [0.15, 0.2) is 53.0 Å². The van der Waals surface area contributed by atoms with Gasteiger partial charge in [0.1, 0.15) is 17.0 Å². The van der Waals surface area contributed by atoms with Crippen LogP contribution in [0.3, 0.4) is 0 Å². The van der Waals surface area contributed by atoms with Gasteiger partial charge in [0.25, 0.3) is 0 Å². The zero-order valence-corrected chi connectivity index (χ0v) is 15.2. The second kappa shape index (κ2) is 7.53. The number of carboxylic acids is 1. The van der Waals surface area contributed by atoms with Crippen molar-refractivity contribution in [1.29, 1.82) is 0 Å². The van der Waals surface area contributed by atoms with E-state index in [4.69, 9.17) is 4.74 Å². The Kier molecular flexibility index (Phi) is 5.19. The minimum atomic E-state index is -0.999. The molecule has 6 heteroatoms. The lowest BCUT2D eigenvalue weighted by molar-refractivity contribution is 0.0697. The minimum absolute atomic E-state index is 0.185. The van der Waals surface area contributed by atoms with Crippen LogP contribution in [0.25, 0.3) is 11.3 Å². The molecule has 0 saturated carbocycles. The highest BCUT2D eigenvalue weighted by atomic mass is 79.9. The molecule has 2 aromatic carbocycles. The number of aromatic amines is 1. The third-order valence-corrected chi connectivity index (χ3v) is 4.48. The number of nitrogens with zero attached hydrogens (tertiary/aromatic N) is 1. The number of benzene rings is 2. The van der Waals surface area contributed by atoms with E-state index in [1.165, 1.54) is 5.56 Å². The van der Waals surface area contributed by atoms with Crippen molar-refractivity contribution in [1.82, 2.24) is 10.2 Å². The molecule has 0 unspecified atom stereocenters. The molecule has 0 amide bonds. The number of halogens is 1. The Labute approximate surface area is 153 Å². The smallest absolute Gasteiger partial charge is 0.339 e. The lowest BCUT2D eigenvalue weighted by Crippen LogP contribution is -2.02. The van der Waals surface area contributed by atoms with Crippen LogP contribution in [0.5, 0.6) is 5.75 Å². The van der Waals surface area contributed by atoms with Gasteiger partial charge in [-0.3, -0.25) is 5.10 Å². The third kappa shape index (κ3) is 3.91. The maximum Gasteiger partial charge on any atom is 0.339 e. The van der Waals surface area contributed by atoms with Crippen molar-refractivity contribution in [3.05, 3.63) is 69.8 Å². The Hall–Kier alpha value is -2.60. The number of H-pyrrole nitrogens is 1. The van der Waals surface area contributed by atoms with Crippen LogP contribution in [0.2, 0.25) is 0 Å². The number of aromatic nitrogens is 2. The zero-order valence-electron chi connectivity index (χ0n) is 13.6. The van der Waals surface area contributed by atoms with Crippen LogP contribution < -0.4 is 4.74 Å². The molecule has 0 aliphatic rings. The fraction of sp³-hybridized carbons (Fsp3) is 0.158. The normalized spacial score (nSPS) is 10.6. The summed E-state index contributed by atoms with van der Waals surface area (Å²) in [5.41, 5.74) is 3.06. The lowest BCUT2D eigenvalue weighted by atomic mass is 10.1. The van der Waals surface area contributed by atoms with Crippen LogP contribution in [0, 0.1) is 6.92 Å². The van der Waals surface area contributed by atoms with E-state index in [1.54, 1.807) is 6.92 Å². The van der Waals surface area contributed by atoms with Gasteiger partial charge in [-0.2, -0.15) is 5.10 Å². The largest absolute Gasteiger partial charge is 0.492 e. The summed E-state index contributed by atoms with van der Waals surface area (Å²) in [5.74, 6) is -0.288. The topological polar surface area (TPSA) is 75.2 Å². The van der Waals surface area contributed by atoms with E-state index in [1.807, 2.05) is 36.4 Å². The average Bonchev–Trinajstić information content (AvgIpc) is 2.99. The maximum atomic E-state index is 11.4. The second-order valence-corrected chi connectivity index (χ2v) is 6.46. The van der Waals surface area contributed by atoms with E-state index in [9.17, 15) is 9.90 Å². The Morgan fingerprint density at radius 1 is 1.24 bits per heavy atom. The van der Waals surface area contributed by atoms with E-state index in [-0.39, 0.29) is 5.56 Å². The van der Waals surface area contributed by atoms with Gasteiger partial charge in [0.05, 0.1) is 11.1 Å². The van der Waals surface area contributed by atoms with Crippen molar-refractivity contribution in [2.24, 2.45) is 0 Å². The van der Waals surface area contributed by atoms with Crippen molar-refractivity contribution in [3.63, 3.8) is 0 Å². The first-order chi connectivity index (χ1) is 12.1. The summed E-state index contributed by atoms with van der Waals surface area (Å²) in [5, 5.41) is 16.2. The molecule has 128 valence electrons. The standard InChI is InChI=1S/C19H17BrN2O3/c1-12-17(19(23)24)18(22-21-12)14-7-8-16(15(20)11-14)25-10-9-13-5-3-2-4-6-13/h2-8,11H,9-10H2,1H3,(H,21,22)(H,23,24). The second-order valence-electron chi connectivity index (χ2n) is 5.61. The molecule has 0 radical (unpaired) electrons. The molecule has 0 spiro atoms. The van der Waals surface area contributed by atoms with Crippen LogP contribution in [-0.2, 0) is 6.42 Å². The zero-order chi connectivity index (χ0) is 17.8. The van der Waals surface area contributed by atoms with Gasteiger partial charge in [0.2, 0.25) is 0 Å². The number of aromatic carboxylic acids is 1. The molecule has 3 rings (SSSR count). The number of rotatable bonds is 6. The molecule has 0 saturated heterocycles. The summed E-state index contributed by atoms with van der Waals surface area (Å²) >= 11 is 3.49. The summed E-state index contributed by atoms with van der Waals surface area (Å²) in [6.45, 7) is 2.25. The van der Waals surface area contributed by atoms with Crippen molar-refractivity contribution in [2.75, 3.05) is 6.61 Å². The SMILES string of the molecule is Cc1[nH]nc(-c2ccc(OCCc3ccccc3)c(Br)c2)c1C(=O)O. The molecular weight excluding hydrogens is 384 g/mol. The molecule has 5 nitrogen and oxygen atoms in total. The van der Waals surface area contributed by atoms with Crippen molar-refractivity contribution >= 4 is 21.9 Å². The van der Waals surface area contributed by atoms with Gasteiger partial charge in [-0.25, -0.2) is 4.79 Å². The number of hydrogen-bond acceptors (Lipinski definition) is 3. The summed E-state index contributed by atoms with van der Waals surface area (Å²) in [4.78, 5) is 11.4. The number of ether oxygens (including phenoxy) is 1. The molecule has 0 bridgehead atoms. The molecule has 2 N–H and O–H groups in total. The molecule has 0 aliphatic heterocycles. The number of hydrogen-bond donors (Lipinski definition) is 2. The number of aryl methyl sites for hydroxylation is 1. The third-order valence-electron chi connectivity index (χ3n) is 3.86. The van der Waals surface area contributed by atoms with Crippen LogP contribution in [0.4, 0.5) is 0 Å². The first-order valence-electron chi connectivity index (χ1n) is 7.81. The Bertz CT molecular complexity index is 891. The number of carboxylic acid groups (broad SMARTS) is 1. The molecule has 0 aliphatic carbocycles. The molecule has 25 heavy (non-hydrogen) atoms. The van der Waals surface area contributed by atoms with E-state index in [0.717, 1.165) is 10.9 Å². The number of nitrogens with one attached hydrogen (secondary N) is 1. The molecule has 0 atom stereocenters. The van der Waals surface area contributed by atoms with E-state index < -0.39 is 5.97 Å². The summed E-state index contributed by atoms with van der Waals surface area (Å²) in [6.07, 6.45) is 0.816. The van der Waals surface area contributed by atoms with Gasteiger partial charge in [0, 0.05) is 17.7 Å². The summed E-state index contributed by atoms with van der Waals surface area (Å²) in [7, 11) is 0. The first kappa shape index (κ1) is 17.2. The highest BCUT2D eigenvalue weighted by Crippen LogP contribution is 2.32. The minimum Gasteiger partial charge on any atom is -0.492 e. The van der Waals surface area contributed by atoms with Gasteiger partial charge < -0.3 is 9.84 Å². The fourth-order valence-corrected chi connectivity index (χ4v) is 3.08. The average molecular weight is 401 g/mol. The van der Waals surface area contributed by atoms with E-state index in [0.29, 0.717) is 29.3 Å². The Morgan fingerprint density at radius 3 is 2.68 bits per heavy atom. The van der Waals surface area contributed by atoms with E-state index >= 15 is 0 Å². The summed E-state index contributed by atoms with van der Waals surface area (Å²) < 4.78 is 6.58. The highest BCUT2D eigenvalue weighted by Gasteiger charge is 2.19. The quantitative estimate of drug-likeness (QED) is 0.639. The molecule has 1 aromatic heterocycles. The molecular formula is C19H17BrN2O3. The van der Waals surface area contributed by atoms with Crippen molar-refractivity contribution in [2.45, 2.75) is 13.3 Å². The van der Waals surface area contributed by atoms with E-state index in [2.05, 4.69) is 38.3 Å². The monoisotopic (exact) mass is 400 g/mol. The lowest BCUT2D eigenvalue weighted by Gasteiger charge is -2.10. The van der Waals surface area contributed by atoms with Gasteiger partial charge in [-0.1, -0.05) is 30.3 Å². The molecule has 3 aromatic rings. The maximum absolute atomic E-state index is 11.4. The Balaban J connectivity index is 1.74. The molecule has 0 fully saturated rings. The van der Waals surface area contributed by atoms with Crippen LogP contribution in [0.1, 0.15) is 21.6 Å². The van der Waals surface area contributed by atoms with Gasteiger partial charge in [-0.05, 0) is 46.6 Å². The predicted molar refractivity (Wildman–Crippen MR) is 99.1 cm³/mol. The summed E-state index contributed by atoms with van der Waals surface area (Å²) in [6, 6.07) is 15.6. The van der Waals surface area contributed by atoms with Gasteiger partial charge >= 0.3 is 5.97 Å². The first-order valence-corrected chi connectivity index (χ1v) is 8.60. The van der Waals surface area contributed by atoms with Crippen LogP contribution >= 0.6 is 15.9 Å².